The van der Waals surface area contributed by atoms with Crippen LogP contribution in [0.15, 0.2) is 163 Å². The molecule has 0 unspecified atom stereocenters. The minimum Gasteiger partial charge on any atom is -0.308 e. The van der Waals surface area contributed by atoms with Crippen LogP contribution in [0.4, 0.5) is 0 Å². The van der Waals surface area contributed by atoms with Crippen LogP contribution in [-0.4, -0.2) is 9.13 Å². The largest absolute Gasteiger partial charge is 0.308 e. The lowest BCUT2D eigenvalue weighted by Gasteiger charge is -2.20. The highest BCUT2D eigenvalue weighted by molar-refractivity contribution is 9.11. The van der Waals surface area contributed by atoms with Gasteiger partial charge in [0.1, 0.15) is 0 Å². The molecule has 2 aromatic heterocycles. The monoisotopic (exact) mass is 986 g/mol. The summed E-state index contributed by atoms with van der Waals surface area (Å²) in [7, 11) is 0. The number of hydrogen-bond donors (Lipinski definition) is 0. The predicted octanol–water partition coefficient (Wildman–Crippen LogP) is 16.7. The third-order valence-corrected chi connectivity index (χ3v) is 12.3. The summed E-state index contributed by atoms with van der Waals surface area (Å²) in [6.07, 6.45) is 0. The standard InChI is InChI=1S/C50H42Br4N2/c1-49(2,3)33-15-19-39(20-16-33)55-45(43-13-9-7-11-41(43)31-23-35(51)27-36(52)24-31)29-48-47(55)30-46(56(48)40-21-17-34(18-22-40)50(4,5)6)44-14-10-8-12-42(44)32-25-37(53)28-38(54)26-32/h7-30H,1-6H3. The van der Waals surface area contributed by atoms with Gasteiger partial charge in [-0.05, 0) is 117 Å². The number of nitrogens with zero attached hydrogens (tertiary/aromatic N) is 2. The summed E-state index contributed by atoms with van der Waals surface area (Å²) in [6.45, 7) is 13.6. The van der Waals surface area contributed by atoms with E-state index in [-0.39, 0.29) is 10.8 Å². The second-order valence-electron chi connectivity index (χ2n) is 16.5. The Morgan fingerprint density at radius 3 is 0.964 bits per heavy atom. The predicted molar refractivity (Wildman–Crippen MR) is 253 cm³/mol. The van der Waals surface area contributed by atoms with Gasteiger partial charge >= 0.3 is 0 Å². The molecule has 0 saturated heterocycles. The molecule has 0 saturated carbocycles. The summed E-state index contributed by atoms with van der Waals surface area (Å²) in [5, 5.41) is 0. The lowest BCUT2D eigenvalue weighted by Crippen LogP contribution is -2.11. The molecule has 2 nitrogen and oxygen atoms in total. The molecule has 8 rings (SSSR count). The lowest BCUT2D eigenvalue weighted by atomic mass is 9.87. The van der Waals surface area contributed by atoms with E-state index in [1.54, 1.807) is 0 Å². The van der Waals surface area contributed by atoms with Crippen molar-refractivity contribution in [1.82, 2.24) is 9.13 Å². The van der Waals surface area contributed by atoms with Crippen molar-refractivity contribution in [3.63, 3.8) is 0 Å². The number of rotatable bonds is 6. The van der Waals surface area contributed by atoms with Gasteiger partial charge in [-0.2, -0.15) is 0 Å². The summed E-state index contributed by atoms with van der Waals surface area (Å²) >= 11 is 15.0. The molecule has 6 heteroatoms. The fourth-order valence-corrected chi connectivity index (χ4v) is 10.2. The van der Waals surface area contributed by atoms with Crippen LogP contribution >= 0.6 is 63.7 Å². The molecular formula is C50H42Br4N2. The SMILES string of the molecule is CC(C)(C)c1ccc(-n2c(-c3ccccc3-c3cc(Br)cc(Br)c3)cc3c2cc(-c2ccccc2-c2cc(Br)cc(Br)c2)n3-c2ccc(C(C)(C)C)cc2)cc1. The molecule has 6 aromatic carbocycles. The summed E-state index contributed by atoms with van der Waals surface area (Å²) < 4.78 is 9.02. The van der Waals surface area contributed by atoms with Gasteiger partial charge in [0, 0.05) is 40.4 Å². The number of aromatic nitrogens is 2. The second kappa shape index (κ2) is 15.1. The quantitative estimate of drug-likeness (QED) is 0.157. The maximum absolute atomic E-state index is 3.76. The van der Waals surface area contributed by atoms with Crippen molar-refractivity contribution in [2.24, 2.45) is 0 Å². The van der Waals surface area contributed by atoms with Gasteiger partial charge < -0.3 is 9.13 Å². The fraction of sp³-hybridized carbons (Fsp3) is 0.160. The number of halogens is 4. The highest BCUT2D eigenvalue weighted by Gasteiger charge is 2.25. The van der Waals surface area contributed by atoms with Crippen molar-refractivity contribution in [3.8, 4) is 56.1 Å². The van der Waals surface area contributed by atoms with Crippen LogP contribution in [0.3, 0.4) is 0 Å². The zero-order chi connectivity index (χ0) is 39.5. The Labute approximate surface area is 364 Å². The van der Waals surface area contributed by atoms with Crippen LogP contribution in [0.2, 0.25) is 0 Å². The van der Waals surface area contributed by atoms with E-state index in [9.17, 15) is 0 Å². The minimum atomic E-state index is 0.0366. The van der Waals surface area contributed by atoms with Crippen LogP contribution in [0.5, 0.6) is 0 Å². The average Bonchev–Trinajstić information content (AvgIpc) is 3.70. The van der Waals surface area contributed by atoms with Gasteiger partial charge in [0.05, 0.1) is 22.4 Å². The molecule has 0 spiro atoms. The Morgan fingerprint density at radius 2 is 0.661 bits per heavy atom. The van der Waals surface area contributed by atoms with Gasteiger partial charge in [-0.15, -0.1) is 0 Å². The molecule has 0 bridgehead atoms. The van der Waals surface area contributed by atoms with Crippen molar-refractivity contribution in [2.75, 3.05) is 0 Å². The van der Waals surface area contributed by atoms with E-state index in [1.165, 1.54) is 11.1 Å². The molecule has 56 heavy (non-hydrogen) atoms. The van der Waals surface area contributed by atoms with Crippen molar-refractivity contribution in [1.29, 1.82) is 0 Å². The Hall–Kier alpha value is -3.94. The molecule has 0 fully saturated rings. The molecule has 0 N–H and O–H groups in total. The van der Waals surface area contributed by atoms with Gasteiger partial charge in [-0.1, -0.05) is 178 Å². The van der Waals surface area contributed by atoms with Gasteiger partial charge in [0.15, 0.2) is 0 Å². The lowest BCUT2D eigenvalue weighted by molar-refractivity contribution is 0.590. The van der Waals surface area contributed by atoms with Crippen molar-refractivity contribution in [3.05, 3.63) is 175 Å². The van der Waals surface area contributed by atoms with Crippen molar-refractivity contribution in [2.45, 2.75) is 52.4 Å². The van der Waals surface area contributed by atoms with Crippen LogP contribution in [-0.2, 0) is 10.8 Å². The fourth-order valence-electron chi connectivity index (χ4n) is 7.66. The zero-order valence-electron chi connectivity index (χ0n) is 32.3. The summed E-state index contributed by atoms with van der Waals surface area (Å²) in [4.78, 5) is 0. The molecule has 8 aromatic rings. The van der Waals surface area contributed by atoms with Crippen LogP contribution in [0, 0.1) is 0 Å². The van der Waals surface area contributed by atoms with E-state index in [1.807, 2.05) is 0 Å². The van der Waals surface area contributed by atoms with E-state index in [0.717, 1.165) is 85.1 Å². The molecule has 0 amide bonds. The number of benzene rings is 6. The average molecular weight is 991 g/mol. The van der Waals surface area contributed by atoms with Gasteiger partial charge in [0.2, 0.25) is 0 Å². The van der Waals surface area contributed by atoms with Crippen LogP contribution in [0.1, 0.15) is 52.7 Å². The topological polar surface area (TPSA) is 9.86 Å². The van der Waals surface area contributed by atoms with Gasteiger partial charge in [0.25, 0.3) is 0 Å². The molecule has 0 atom stereocenters. The first-order valence-corrected chi connectivity index (χ1v) is 21.9. The summed E-state index contributed by atoms with van der Waals surface area (Å²) in [5.41, 5.74) is 16.3. The van der Waals surface area contributed by atoms with Gasteiger partial charge in [-0.25, -0.2) is 0 Å². The first-order chi connectivity index (χ1) is 26.7. The van der Waals surface area contributed by atoms with E-state index < -0.39 is 0 Å². The highest BCUT2D eigenvalue weighted by Crippen LogP contribution is 2.44. The molecule has 2 heterocycles. The molecule has 0 radical (unpaired) electrons. The zero-order valence-corrected chi connectivity index (χ0v) is 38.6. The Morgan fingerprint density at radius 1 is 0.357 bits per heavy atom. The van der Waals surface area contributed by atoms with E-state index in [4.69, 9.17) is 0 Å². The van der Waals surface area contributed by atoms with Crippen LogP contribution < -0.4 is 0 Å². The van der Waals surface area contributed by atoms with Crippen LogP contribution in [0.25, 0.3) is 67.2 Å². The summed E-state index contributed by atoms with van der Waals surface area (Å²) in [6, 6.07) is 53.5. The molecule has 0 aliphatic rings. The number of hydrogen-bond acceptors (Lipinski definition) is 0. The first-order valence-electron chi connectivity index (χ1n) is 18.8. The summed E-state index contributed by atoms with van der Waals surface area (Å²) in [5.74, 6) is 0. The maximum atomic E-state index is 3.76. The third-order valence-electron chi connectivity index (χ3n) is 10.5. The van der Waals surface area contributed by atoms with E-state index in [0.29, 0.717) is 0 Å². The molecule has 0 aliphatic heterocycles. The molecule has 0 aliphatic carbocycles. The van der Waals surface area contributed by atoms with Gasteiger partial charge in [-0.3, -0.25) is 0 Å². The molecular weight excluding hydrogens is 948 g/mol. The van der Waals surface area contributed by atoms with Crippen molar-refractivity contribution < 1.29 is 0 Å². The van der Waals surface area contributed by atoms with E-state index >= 15 is 0 Å². The Balaban J connectivity index is 1.47. The Kier molecular flexibility index (Phi) is 10.5. The minimum absolute atomic E-state index is 0.0366. The highest BCUT2D eigenvalue weighted by atomic mass is 79.9. The Bertz CT molecular complexity index is 2510. The third kappa shape index (κ3) is 7.58. The molecule has 280 valence electrons. The second-order valence-corrected chi connectivity index (χ2v) is 20.2. The van der Waals surface area contributed by atoms with Crippen molar-refractivity contribution >= 4 is 74.8 Å². The maximum Gasteiger partial charge on any atom is 0.0724 e. The van der Waals surface area contributed by atoms with E-state index in [2.05, 4.69) is 260 Å². The number of fused-ring (bicyclic) bond motifs is 1. The normalized spacial score (nSPS) is 12.1. The smallest absolute Gasteiger partial charge is 0.0724 e. The first kappa shape index (κ1) is 38.9.